The van der Waals surface area contributed by atoms with E-state index in [1.165, 1.54) is 19.2 Å². The molecule has 0 amide bonds. The summed E-state index contributed by atoms with van der Waals surface area (Å²) in [5.74, 6) is -1.17. The Balaban J connectivity index is 3.20. The maximum Gasteiger partial charge on any atom is 0.308 e. The summed E-state index contributed by atoms with van der Waals surface area (Å²) in [6.07, 6.45) is -0.276. The molecule has 0 spiro atoms. The molecular formula is C9H8BrFO3. The Labute approximate surface area is 88.6 Å². The van der Waals surface area contributed by atoms with Crippen molar-refractivity contribution in [3.05, 3.63) is 28.0 Å². The number of hydrogen-bond donors (Lipinski definition) is 1. The van der Waals surface area contributed by atoms with Gasteiger partial charge in [0, 0.05) is 5.56 Å². The van der Waals surface area contributed by atoms with Crippen LogP contribution in [0.2, 0.25) is 0 Å². The lowest BCUT2D eigenvalue weighted by atomic mass is 10.1. The van der Waals surface area contributed by atoms with Gasteiger partial charge in [0.2, 0.25) is 0 Å². The van der Waals surface area contributed by atoms with Crippen LogP contribution in [0, 0.1) is 5.82 Å². The summed E-state index contributed by atoms with van der Waals surface area (Å²) in [5, 5.41) is 8.60. The highest BCUT2D eigenvalue weighted by Gasteiger charge is 2.14. The molecule has 1 N–H and O–H groups in total. The third kappa shape index (κ3) is 2.23. The molecule has 1 aromatic carbocycles. The number of methoxy groups -OCH3 is 1. The number of aliphatic carboxylic acids is 1. The highest BCUT2D eigenvalue weighted by atomic mass is 79.9. The quantitative estimate of drug-likeness (QED) is 0.909. The molecule has 0 fully saturated rings. The van der Waals surface area contributed by atoms with Gasteiger partial charge in [0.15, 0.2) is 0 Å². The average Bonchev–Trinajstić information content (AvgIpc) is 2.13. The van der Waals surface area contributed by atoms with E-state index in [4.69, 9.17) is 9.84 Å². The summed E-state index contributed by atoms with van der Waals surface area (Å²) in [5.41, 5.74) is 0.306. The van der Waals surface area contributed by atoms with Crippen molar-refractivity contribution in [1.29, 1.82) is 0 Å². The lowest BCUT2D eigenvalue weighted by Gasteiger charge is -2.08. The maximum atomic E-state index is 13.1. The molecule has 0 saturated heterocycles. The fourth-order valence-electron chi connectivity index (χ4n) is 1.08. The van der Waals surface area contributed by atoms with E-state index in [-0.39, 0.29) is 10.9 Å². The van der Waals surface area contributed by atoms with Crippen LogP contribution in [0.25, 0.3) is 0 Å². The number of carboxylic acid groups (broad SMARTS) is 1. The zero-order valence-electron chi connectivity index (χ0n) is 7.38. The Bertz CT molecular complexity index is 365. The van der Waals surface area contributed by atoms with Gasteiger partial charge >= 0.3 is 5.97 Å². The smallest absolute Gasteiger partial charge is 0.308 e. The molecule has 0 bridgehead atoms. The summed E-state index contributed by atoms with van der Waals surface area (Å²) in [7, 11) is 1.41. The van der Waals surface area contributed by atoms with Gasteiger partial charge in [-0.1, -0.05) is 0 Å². The first-order valence-electron chi connectivity index (χ1n) is 3.79. The monoisotopic (exact) mass is 262 g/mol. The van der Waals surface area contributed by atoms with E-state index in [0.29, 0.717) is 11.3 Å². The second-order valence-corrected chi connectivity index (χ2v) is 3.41. The van der Waals surface area contributed by atoms with Crippen molar-refractivity contribution in [3.63, 3.8) is 0 Å². The summed E-state index contributed by atoms with van der Waals surface area (Å²) >= 11 is 2.98. The normalized spacial score (nSPS) is 9.93. The number of carbonyl (C=O) groups is 1. The molecule has 14 heavy (non-hydrogen) atoms. The number of ether oxygens (including phenoxy) is 1. The van der Waals surface area contributed by atoms with Gasteiger partial charge in [-0.25, -0.2) is 4.39 Å². The van der Waals surface area contributed by atoms with Crippen LogP contribution in [0.15, 0.2) is 16.6 Å². The van der Waals surface area contributed by atoms with Gasteiger partial charge in [-0.3, -0.25) is 4.79 Å². The predicted molar refractivity (Wildman–Crippen MR) is 52.0 cm³/mol. The lowest BCUT2D eigenvalue weighted by Crippen LogP contribution is -2.04. The van der Waals surface area contributed by atoms with Crippen LogP contribution in [0.4, 0.5) is 4.39 Å². The van der Waals surface area contributed by atoms with Gasteiger partial charge in [0.05, 0.1) is 18.0 Å². The minimum atomic E-state index is -1.03. The van der Waals surface area contributed by atoms with Gasteiger partial charge in [-0.2, -0.15) is 0 Å². The van der Waals surface area contributed by atoms with Crippen LogP contribution in [0.5, 0.6) is 5.75 Å². The predicted octanol–water partition coefficient (Wildman–Crippen LogP) is 2.22. The molecule has 0 aliphatic carbocycles. The van der Waals surface area contributed by atoms with Crippen molar-refractivity contribution < 1.29 is 19.0 Å². The average molecular weight is 263 g/mol. The fraction of sp³-hybridized carbons (Fsp3) is 0.222. The highest BCUT2D eigenvalue weighted by Crippen LogP contribution is 2.29. The van der Waals surface area contributed by atoms with E-state index in [0.717, 1.165) is 0 Å². The van der Waals surface area contributed by atoms with Gasteiger partial charge in [-0.05, 0) is 28.1 Å². The minimum Gasteiger partial charge on any atom is -0.496 e. The topological polar surface area (TPSA) is 46.5 Å². The van der Waals surface area contributed by atoms with Crippen molar-refractivity contribution in [2.75, 3.05) is 7.11 Å². The van der Waals surface area contributed by atoms with Crippen LogP contribution in [-0.4, -0.2) is 18.2 Å². The molecule has 1 rings (SSSR count). The van der Waals surface area contributed by atoms with Crippen LogP contribution in [0.1, 0.15) is 5.56 Å². The lowest BCUT2D eigenvalue weighted by molar-refractivity contribution is -0.136. The Hall–Kier alpha value is -1.10. The molecule has 3 nitrogen and oxygen atoms in total. The van der Waals surface area contributed by atoms with E-state index in [2.05, 4.69) is 15.9 Å². The molecule has 5 heteroatoms. The molecule has 0 aliphatic rings. The summed E-state index contributed by atoms with van der Waals surface area (Å²) in [4.78, 5) is 10.5. The number of benzene rings is 1. The van der Waals surface area contributed by atoms with Crippen molar-refractivity contribution >= 4 is 21.9 Å². The second kappa shape index (κ2) is 4.41. The van der Waals surface area contributed by atoms with Crippen LogP contribution < -0.4 is 4.74 Å². The molecular weight excluding hydrogens is 255 g/mol. The van der Waals surface area contributed by atoms with Gasteiger partial charge in [0.25, 0.3) is 0 Å². The molecule has 1 aromatic rings. The summed E-state index contributed by atoms with van der Waals surface area (Å²) in [6, 6.07) is 2.62. The Morgan fingerprint density at radius 3 is 2.79 bits per heavy atom. The van der Waals surface area contributed by atoms with Crippen LogP contribution in [-0.2, 0) is 11.2 Å². The van der Waals surface area contributed by atoms with Gasteiger partial charge in [-0.15, -0.1) is 0 Å². The minimum absolute atomic E-state index is 0.138. The van der Waals surface area contributed by atoms with Crippen molar-refractivity contribution in [3.8, 4) is 5.75 Å². The van der Waals surface area contributed by atoms with Gasteiger partial charge < -0.3 is 9.84 Å². The molecule has 0 unspecified atom stereocenters. The van der Waals surface area contributed by atoms with Crippen molar-refractivity contribution in [2.45, 2.75) is 6.42 Å². The highest BCUT2D eigenvalue weighted by molar-refractivity contribution is 9.10. The van der Waals surface area contributed by atoms with E-state index in [1.54, 1.807) is 0 Å². The van der Waals surface area contributed by atoms with E-state index < -0.39 is 11.8 Å². The molecule has 0 atom stereocenters. The van der Waals surface area contributed by atoms with Gasteiger partial charge in [0.1, 0.15) is 11.6 Å². The third-order valence-corrected chi connectivity index (χ3v) is 2.56. The van der Waals surface area contributed by atoms with Crippen LogP contribution in [0.3, 0.4) is 0 Å². The first-order valence-corrected chi connectivity index (χ1v) is 4.58. The van der Waals surface area contributed by atoms with E-state index in [9.17, 15) is 9.18 Å². The molecule has 0 aromatic heterocycles. The van der Waals surface area contributed by atoms with Crippen LogP contribution >= 0.6 is 15.9 Å². The van der Waals surface area contributed by atoms with Crippen molar-refractivity contribution in [2.24, 2.45) is 0 Å². The molecule has 76 valence electrons. The zero-order valence-corrected chi connectivity index (χ0v) is 8.97. The first kappa shape index (κ1) is 11.0. The second-order valence-electron chi connectivity index (χ2n) is 2.61. The number of carboxylic acids is 1. The largest absolute Gasteiger partial charge is 0.496 e. The van der Waals surface area contributed by atoms with E-state index >= 15 is 0 Å². The number of halogens is 2. The fourth-order valence-corrected chi connectivity index (χ4v) is 1.55. The Kier molecular flexibility index (Phi) is 3.46. The third-order valence-electron chi connectivity index (χ3n) is 1.70. The maximum absolute atomic E-state index is 13.1. The molecule has 0 heterocycles. The zero-order chi connectivity index (χ0) is 10.7. The Morgan fingerprint density at radius 2 is 2.29 bits per heavy atom. The first-order chi connectivity index (χ1) is 6.56. The molecule has 0 aliphatic heterocycles. The molecule has 0 saturated carbocycles. The van der Waals surface area contributed by atoms with Crippen molar-refractivity contribution in [1.82, 2.24) is 0 Å². The SMILES string of the molecule is COc1ccc(F)c(Br)c1CC(=O)O. The van der Waals surface area contributed by atoms with E-state index in [1.807, 2.05) is 0 Å². The number of rotatable bonds is 3. The molecule has 0 radical (unpaired) electrons. The standard InChI is InChI=1S/C9H8BrFO3/c1-14-7-3-2-6(11)9(10)5(7)4-8(12)13/h2-3H,4H2,1H3,(H,12,13). The Morgan fingerprint density at radius 1 is 1.64 bits per heavy atom. The summed E-state index contributed by atoms with van der Waals surface area (Å²) in [6.45, 7) is 0. The number of hydrogen-bond acceptors (Lipinski definition) is 2. The summed E-state index contributed by atoms with van der Waals surface area (Å²) < 4.78 is 18.1.